The molecule has 0 aromatic heterocycles. The number of hydrogen-bond acceptors (Lipinski definition) is 3. The molecule has 1 aliphatic carbocycles. The maximum atomic E-state index is 11.5. The molecule has 2 atom stereocenters. The molecular weight excluding hydrogens is 192 g/mol. The highest BCUT2D eigenvalue weighted by Crippen LogP contribution is 2.39. The summed E-state index contributed by atoms with van der Waals surface area (Å²) in [4.78, 5) is 22.8. The largest absolute Gasteiger partial charge is 0.392 e. The first-order valence-corrected chi connectivity index (χ1v) is 4.80. The smallest absolute Gasteiger partial charge is 0.322 e. The molecule has 0 saturated carbocycles. The summed E-state index contributed by atoms with van der Waals surface area (Å²) < 4.78 is 4.64. The Morgan fingerprint density at radius 1 is 1.07 bits per heavy atom. The van der Waals surface area contributed by atoms with Gasteiger partial charge in [-0.05, 0) is 11.1 Å². The van der Waals surface area contributed by atoms with Gasteiger partial charge in [0, 0.05) is 0 Å². The van der Waals surface area contributed by atoms with Crippen LogP contribution in [0, 0.1) is 5.92 Å². The minimum atomic E-state index is -0.434. The Bertz CT molecular complexity index is 487. The van der Waals surface area contributed by atoms with Gasteiger partial charge in [0.1, 0.15) is 0 Å². The zero-order valence-electron chi connectivity index (χ0n) is 7.84. The number of carbonyl (C=O) groups excluding carboxylic acids is 2. The number of rotatable bonds is 0. The molecule has 1 heterocycles. The van der Waals surface area contributed by atoms with E-state index in [1.165, 1.54) is 0 Å². The Morgan fingerprint density at radius 3 is 2.73 bits per heavy atom. The first-order chi connectivity index (χ1) is 7.27. The second kappa shape index (κ2) is 2.79. The SMILES string of the molecule is O=C1OC(=O)C2c3ccccc3C=CC12. The Balaban J connectivity index is 2.19. The van der Waals surface area contributed by atoms with E-state index < -0.39 is 23.8 Å². The van der Waals surface area contributed by atoms with Gasteiger partial charge < -0.3 is 4.74 Å². The predicted octanol–water partition coefficient (Wildman–Crippen LogP) is 1.50. The van der Waals surface area contributed by atoms with E-state index in [0.717, 1.165) is 11.1 Å². The van der Waals surface area contributed by atoms with E-state index in [-0.39, 0.29) is 0 Å². The molecule has 0 spiro atoms. The van der Waals surface area contributed by atoms with Crippen LogP contribution in [0.2, 0.25) is 0 Å². The molecule has 74 valence electrons. The monoisotopic (exact) mass is 200 g/mol. The van der Waals surface area contributed by atoms with Crippen LogP contribution in [0.1, 0.15) is 17.0 Å². The molecule has 3 heteroatoms. The molecule has 3 nitrogen and oxygen atoms in total. The van der Waals surface area contributed by atoms with Crippen molar-refractivity contribution in [1.82, 2.24) is 0 Å². The van der Waals surface area contributed by atoms with Gasteiger partial charge in [0.2, 0.25) is 0 Å². The molecule has 2 unspecified atom stereocenters. The molecular formula is C12H8O3. The van der Waals surface area contributed by atoms with Crippen LogP contribution in [0.25, 0.3) is 6.08 Å². The molecule has 15 heavy (non-hydrogen) atoms. The molecule has 3 rings (SSSR count). The average Bonchev–Trinajstić information content (AvgIpc) is 2.55. The van der Waals surface area contributed by atoms with E-state index in [9.17, 15) is 9.59 Å². The third kappa shape index (κ3) is 1.06. The summed E-state index contributed by atoms with van der Waals surface area (Å²) in [5.41, 5.74) is 1.88. The minimum Gasteiger partial charge on any atom is -0.392 e. The fraction of sp³-hybridized carbons (Fsp3) is 0.167. The van der Waals surface area contributed by atoms with E-state index in [0.29, 0.717) is 0 Å². The average molecular weight is 200 g/mol. The summed E-state index contributed by atoms with van der Waals surface area (Å²) in [7, 11) is 0. The Morgan fingerprint density at radius 2 is 1.87 bits per heavy atom. The topological polar surface area (TPSA) is 43.4 Å². The molecule has 1 aromatic rings. The van der Waals surface area contributed by atoms with Crippen LogP contribution >= 0.6 is 0 Å². The van der Waals surface area contributed by atoms with Gasteiger partial charge in [-0.3, -0.25) is 9.59 Å². The number of benzene rings is 1. The summed E-state index contributed by atoms with van der Waals surface area (Å²) in [6.07, 6.45) is 3.62. The van der Waals surface area contributed by atoms with Gasteiger partial charge in [-0.15, -0.1) is 0 Å². The van der Waals surface area contributed by atoms with Gasteiger partial charge in [0.25, 0.3) is 0 Å². The maximum Gasteiger partial charge on any atom is 0.322 e. The van der Waals surface area contributed by atoms with Crippen LogP contribution in [0.3, 0.4) is 0 Å². The van der Waals surface area contributed by atoms with Crippen molar-refractivity contribution in [3.8, 4) is 0 Å². The van der Waals surface area contributed by atoms with Gasteiger partial charge in [0.15, 0.2) is 0 Å². The molecule has 1 aromatic carbocycles. The molecule has 2 aliphatic rings. The summed E-state index contributed by atoms with van der Waals surface area (Å²) in [5, 5.41) is 0. The second-order valence-corrected chi connectivity index (χ2v) is 3.73. The quantitative estimate of drug-likeness (QED) is 0.470. The Labute approximate surface area is 86.4 Å². The molecule has 1 aliphatic heterocycles. The van der Waals surface area contributed by atoms with E-state index in [1.807, 2.05) is 30.3 Å². The van der Waals surface area contributed by atoms with E-state index in [2.05, 4.69) is 4.74 Å². The molecule has 1 saturated heterocycles. The number of cyclic esters (lactones) is 2. The van der Waals surface area contributed by atoms with E-state index in [1.54, 1.807) is 6.08 Å². The molecule has 0 N–H and O–H groups in total. The van der Waals surface area contributed by atoms with Crippen LogP contribution in [0.5, 0.6) is 0 Å². The van der Waals surface area contributed by atoms with Crippen LogP contribution in [-0.2, 0) is 14.3 Å². The predicted molar refractivity (Wildman–Crippen MR) is 52.8 cm³/mol. The standard InChI is InChI=1S/C12H8O3/c13-11-9-6-5-7-3-1-2-4-8(7)10(9)12(14)15-11/h1-6,9-10H. The highest BCUT2D eigenvalue weighted by atomic mass is 16.6. The van der Waals surface area contributed by atoms with E-state index in [4.69, 9.17) is 0 Å². The maximum absolute atomic E-state index is 11.5. The summed E-state index contributed by atoms with van der Waals surface area (Å²) in [5.74, 6) is -1.72. The van der Waals surface area contributed by atoms with Crippen LogP contribution in [-0.4, -0.2) is 11.9 Å². The van der Waals surface area contributed by atoms with Gasteiger partial charge in [0.05, 0.1) is 11.8 Å². The van der Waals surface area contributed by atoms with Crippen molar-refractivity contribution in [3.63, 3.8) is 0 Å². The number of ether oxygens (including phenoxy) is 1. The van der Waals surface area contributed by atoms with Crippen LogP contribution in [0.4, 0.5) is 0 Å². The van der Waals surface area contributed by atoms with Crippen molar-refractivity contribution in [3.05, 3.63) is 41.5 Å². The Kier molecular flexibility index (Phi) is 1.57. The summed E-state index contributed by atoms with van der Waals surface area (Å²) >= 11 is 0. The number of esters is 2. The van der Waals surface area contributed by atoms with E-state index >= 15 is 0 Å². The normalized spacial score (nSPS) is 27.2. The molecule has 0 radical (unpaired) electrons. The highest BCUT2D eigenvalue weighted by molar-refractivity contribution is 6.02. The van der Waals surface area contributed by atoms with Crippen molar-refractivity contribution >= 4 is 18.0 Å². The fourth-order valence-corrected chi connectivity index (χ4v) is 2.18. The fourth-order valence-electron chi connectivity index (χ4n) is 2.18. The highest BCUT2D eigenvalue weighted by Gasteiger charge is 2.45. The number of hydrogen-bond donors (Lipinski definition) is 0. The first-order valence-electron chi connectivity index (χ1n) is 4.80. The zero-order chi connectivity index (χ0) is 10.4. The third-order valence-electron chi connectivity index (χ3n) is 2.90. The lowest BCUT2D eigenvalue weighted by Gasteiger charge is -2.17. The van der Waals surface area contributed by atoms with Gasteiger partial charge >= 0.3 is 11.9 Å². The van der Waals surface area contributed by atoms with Crippen molar-refractivity contribution in [1.29, 1.82) is 0 Å². The van der Waals surface area contributed by atoms with Gasteiger partial charge in [-0.2, -0.15) is 0 Å². The minimum absolute atomic E-state index is 0.424. The first kappa shape index (κ1) is 8.41. The van der Waals surface area contributed by atoms with Crippen molar-refractivity contribution in [2.75, 3.05) is 0 Å². The summed E-state index contributed by atoms with van der Waals surface area (Å²) in [6, 6.07) is 7.57. The molecule has 0 amide bonds. The molecule has 1 fully saturated rings. The van der Waals surface area contributed by atoms with Gasteiger partial charge in [-0.25, -0.2) is 0 Å². The Hall–Kier alpha value is -1.90. The number of fused-ring (bicyclic) bond motifs is 3. The van der Waals surface area contributed by atoms with Crippen LogP contribution in [0.15, 0.2) is 30.3 Å². The zero-order valence-corrected chi connectivity index (χ0v) is 7.84. The number of carbonyl (C=O) groups is 2. The molecule has 0 bridgehead atoms. The van der Waals surface area contributed by atoms with Crippen molar-refractivity contribution in [2.24, 2.45) is 5.92 Å². The lowest BCUT2D eigenvalue weighted by Crippen LogP contribution is -2.17. The van der Waals surface area contributed by atoms with Gasteiger partial charge in [-0.1, -0.05) is 36.4 Å². The second-order valence-electron chi connectivity index (χ2n) is 3.73. The van der Waals surface area contributed by atoms with Crippen LogP contribution < -0.4 is 0 Å². The third-order valence-corrected chi connectivity index (χ3v) is 2.90. The van der Waals surface area contributed by atoms with Crippen molar-refractivity contribution < 1.29 is 14.3 Å². The van der Waals surface area contributed by atoms with Crippen molar-refractivity contribution in [2.45, 2.75) is 5.92 Å². The lowest BCUT2D eigenvalue weighted by molar-refractivity contribution is -0.153. The lowest BCUT2D eigenvalue weighted by atomic mass is 9.81. The summed E-state index contributed by atoms with van der Waals surface area (Å²) in [6.45, 7) is 0.